The minimum Gasteiger partial charge on any atom is -0.463 e. The van der Waals surface area contributed by atoms with Crippen molar-refractivity contribution in [3.63, 3.8) is 0 Å². The first kappa shape index (κ1) is 18.7. The number of fused-ring (bicyclic) bond motifs is 2. The van der Waals surface area contributed by atoms with Gasteiger partial charge in [0.05, 0.1) is 12.0 Å². The summed E-state index contributed by atoms with van der Waals surface area (Å²) in [7, 11) is 0. The van der Waals surface area contributed by atoms with Crippen LogP contribution in [0.2, 0.25) is 0 Å². The van der Waals surface area contributed by atoms with Crippen molar-refractivity contribution in [2.24, 2.45) is 0 Å². The van der Waals surface area contributed by atoms with Crippen molar-refractivity contribution >= 4 is 17.4 Å². The summed E-state index contributed by atoms with van der Waals surface area (Å²) in [5.41, 5.74) is 9.08. The van der Waals surface area contributed by atoms with Crippen LogP contribution >= 0.6 is 0 Å². The molecule has 9 heteroatoms. The Bertz CT molecular complexity index is 1310. The largest absolute Gasteiger partial charge is 0.463 e. The maximum Gasteiger partial charge on any atom is 0.254 e. The van der Waals surface area contributed by atoms with Crippen molar-refractivity contribution in [2.45, 2.75) is 18.8 Å². The van der Waals surface area contributed by atoms with E-state index in [-0.39, 0.29) is 18.6 Å². The molecule has 0 aliphatic carbocycles. The van der Waals surface area contributed by atoms with Gasteiger partial charge >= 0.3 is 0 Å². The third kappa shape index (κ3) is 3.13. The van der Waals surface area contributed by atoms with Crippen LogP contribution in [-0.2, 0) is 0 Å². The smallest absolute Gasteiger partial charge is 0.254 e. The maximum atomic E-state index is 13.2. The zero-order chi connectivity index (χ0) is 21.7. The van der Waals surface area contributed by atoms with E-state index in [0.29, 0.717) is 53.1 Å². The highest BCUT2D eigenvalue weighted by Gasteiger charge is 2.28. The lowest BCUT2D eigenvalue weighted by Gasteiger charge is -2.32. The Morgan fingerprint density at radius 3 is 2.91 bits per heavy atom. The quantitative estimate of drug-likeness (QED) is 0.530. The first-order valence-electron chi connectivity index (χ1n) is 10.5. The molecule has 2 aliphatic heterocycles. The molecule has 162 valence electrons. The summed E-state index contributed by atoms with van der Waals surface area (Å²) in [6.45, 7) is 1.47. The number of hydrogen-bond acceptors (Lipinski definition) is 7. The summed E-state index contributed by atoms with van der Waals surface area (Å²) in [5, 5.41) is 4.50. The molecule has 9 nitrogen and oxygen atoms in total. The zero-order valence-corrected chi connectivity index (χ0v) is 17.2. The van der Waals surface area contributed by atoms with Gasteiger partial charge in [-0.1, -0.05) is 0 Å². The van der Waals surface area contributed by atoms with Gasteiger partial charge < -0.3 is 24.5 Å². The third-order valence-electron chi connectivity index (χ3n) is 5.99. The number of hydrogen-bond donors (Lipinski definition) is 1. The van der Waals surface area contributed by atoms with Crippen LogP contribution in [0.4, 0.5) is 5.82 Å². The molecule has 1 fully saturated rings. The average Bonchev–Trinajstić information content (AvgIpc) is 3.58. The van der Waals surface area contributed by atoms with E-state index >= 15 is 0 Å². The van der Waals surface area contributed by atoms with Crippen LogP contribution in [0.1, 0.15) is 34.8 Å². The number of benzene rings is 1. The normalized spacial score (nSPS) is 17.8. The highest BCUT2D eigenvalue weighted by molar-refractivity contribution is 5.95. The van der Waals surface area contributed by atoms with Crippen LogP contribution in [0.3, 0.4) is 0 Å². The molecule has 3 aromatic heterocycles. The highest BCUT2D eigenvalue weighted by Crippen LogP contribution is 2.34. The van der Waals surface area contributed by atoms with E-state index in [1.54, 1.807) is 29.0 Å². The predicted molar refractivity (Wildman–Crippen MR) is 116 cm³/mol. The second-order valence-corrected chi connectivity index (χ2v) is 8.04. The van der Waals surface area contributed by atoms with Gasteiger partial charge in [-0.2, -0.15) is 9.61 Å². The number of furan rings is 1. The SMILES string of the molecule is Nc1cc([C@H]2CCCN(C(=O)c3ccc4c(c3)OCO4)C2)nc2cc(-c3ccco3)nn12. The molecule has 1 aromatic carbocycles. The Labute approximate surface area is 183 Å². The summed E-state index contributed by atoms with van der Waals surface area (Å²) in [6.07, 6.45) is 3.44. The van der Waals surface area contributed by atoms with Gasteiger partial charge in [0.15, 0.2) is 22.9 Å². The molecule has 1 amide bonds. The van der Waals surface area contributed by atoms with Gasteiger partial charge in [0.1, 0.15) is 11.5 Å². The number of carbonyl (C=O) groups excluding carboxylic acids is 1. The van der Waals surface area contributed by atoms with Crippen LogP contribution in [0.15, 0.2) is 53.1 Å². The van der Waals surface area contributed by atoms with Gasteiger partial charge in [0, 0.05) is 36.7 Å². The summed E-state index contributed by atoms with van der Waals surface area (Å²) >= 11 is 0. The predicted octanol–water partition coefficient (Wildman–Crippen LogP) is 3.32. The lowest BCUT2D eigenvalue weighted by molar-refractivity contribution is 0.0705. The fourth-order valence-corrected chi connectivity index (χ4v) is 4.39. The number of anilines is 1. The monoisotopic (exact) mass is 431 g/mol. The summed E-state index contributed by atoms with van der Waals surface area (Å²) in [4.78, 5) is 19.8. The van der Waals surface area contributed by atoms with E-state index < -0.39 is 0 Å². The topological polar surface area (TPSA) is 108 Å². The van der Waals surface area contributed by atoms with Crippen molar-refractivity contribution in [2.75, 3.05) is 25.6 Å². The fraction of sp³-hybridized carbons (Fsp3) is 0.261. The van der Waals surface area contributed by atoms with E-state index in [2.05, 4.69) is 5.10 Å². The highest BCUT2D eigenvalue weighted by atomic mass is 16.7. The lowest BCUT2D eigenvalue weighted by atomic mass is 9.94. The first-order chi connectivity index (χ1) is 15.7. The van der Waals surface area contributed by atoms with E-state index in [1.165, 1.54) is 0 Å². The minimum absolute atomic E-state index is 0.0218. The van der Waals surface area contributed by atoms with Crippen molar-refractivity contribution in [3.05, 3.63) is 60.0 Å². The van der Waals surface area contributed by atoms with Crippen LogP contribution in [0.5, 0.6) is 11.5 Å². The molecule has 0 unspecified atom stereocenters. The van der Waals surface area contributed by atoms with Crippen LogP contribution < -0.4 is 15.2 Å². The molecule has 0 saturated carbocycles. The summed E-state index contributed by atoms with van der Waals surface area (Å²) in [5.74, 6) is 2.51. The number of ether oxygens (including phenoxy) is 2. The minimum atomic E-state index is -0.0218. The molecule has 1 saturated heterocycles. The van der Waals surface area contributed by atoms with E-state index in [4.69, 9.17) is 24.6 Å². The van der Waals surface area contributed by atoms with Crippen LogP contribution in [-0.4, -0.2) is 45.3 Å². The first-order valence-corrected chi connectivity index (χ1v) is 10.5. The number of piperidine rings is 1. The van der Waals surface area contributed by atoms with Crippen molar-refractivity contribution in [1.29, 1.82) is 0 Å². The van der Waals surface area contributed by atoms with E-state index in [9.17, 15) is 4.79 Å². The Balaban J connectivity index is 1.26. The summed E-state index contributed by atoms with van der Waals surface area (Å²) < 4.78 is 17.8. The molecule has 0 radical (unpaired) electrons. The molecule has 1 atom stereocenters. The number of rotatable bonds is 3. The molecule has 0 spiro atoms. The van der Waals surface area contributed by atoms with Gasteiger partial charge in [0.25, 0.3) is 5.91 Å². The van der Waals surface area contributed by atoms with Gasteiger partial charge in [-0.25, -0.2) is 4.98 Å². The molecule has 4 aromatic rings. The van der Waals surface area contributed by atoms with Crippen molar-refractivity contribution < 1.29 is 18.7 Å². The second kappa shape index (κ2) is 7.30. The Morgan fingerprint density at radius 2 is 2.03 bits per heavy atom. The Morgan fingerprint density at radius 1 is 1.12 bits per heavy atom. The third-order valence-corrected chi connectivity index (χ3v) is 5.99. The van der Waals surface area contributed by atoms with Gasteiger partial charge in [-0.05, 0) is 43.2 Å². The van der Waals surface area contributed by atoms with Crippen molar-refractivity contribution in [1.82, 2.24) is 19.5 Å². The Hall–Kier alpha value is -4.01. The molecule has 5 heterocycles. The maximum absolute atomic E-state index is 13.2. The molecular weight excluding hydrogens is 410 g/mol. The summed E-state index contributed by atoms with van der Waals surface area (Å²) in [6, 6.07) is 12.7. The number of nitrogens with zero attached hydrogens (tertiary/aromatic N) is 4. The van der Waals surface area contributed by atoms with Gasteiger partial charge in [-0.3, -0.25) is 4.79 Å². The molecular formula is C23H21N5O4. The molecule has 2 aliphatic rings. The zero-order valence-electron chi connectivity index (χ0n) is 17.2. The lowest BCUT2D eigenvalue weighted by Crippen LogP contribution is -2.39. The van der Waals surface area contributed by atoms with Crippen LogP contribution in [0.25, 0.3) is 17.1 Å². The second-order valence-electron chi connectivity index (χ2n) is 8.04. The number of nitrogen functional groups attached to an aromatic ring is 1. The molecule has 2 N–H and O–H groups in total. The number of carbonyl (C=O) groups is 1. The van der Waals surface area contributed by atoms with E-state index in [0.717, 1.165) is 18.5 Å². The number of likely N-dealkylation sites (tertiary alicyclic amines) is 1. The number of amides is 1. The average molecular weight is 431 g/mol. The number of nitrogens with two attached hydrogens (primary N) is 1. The van der Waals surface area contributed by atoms with Crippen molar-refractivity contribution in [3.8, 4) is 23.0 Å². The van der Waals surface area contributed by atoms with Gasteiger partial charge in [0.2, 0.25) is 6.79 Å². The number of aromatic nitrogens is 3. The standard InChI is InChI=1S/C23H21N5O4/c24-21-10-16(25-22-11-17(26-28(21)22)18-4-2-8-30-18)15-3-1-7-27(12-15)23(29)14-5-6-19-20(9-14)32-13-31-19/h2,4-6,8-11,15H,1,3,7,12-13,24H2/t15-/m0/s1. The fourth-order valence-electron chi connectivity index (χ4n) is 4.39. The van der Waals surface area contributed by atoms with E-state index in [1.807, 2.05) is 29.2 Å². The Kier molecular flexibility index (Phi) is 4.27. The molecule has 0 bridgehead atoms. The van der Waals surface area contributed by atoms with Gasteiger partial charge in [-0.15, -0.1) is 0 Å². The molecule has 6 rings (SSSR count). The molecule has 32 heavy (non-hydrogen) atoms. The van der Waals surface area contributed by atoms with Crippen LogP contribution in [0, 0.1) is 0 Å².